The molecule has 1 aromatic rings. The minimum Gasteiger partial charge on any atom is -0.494 e. The van der Waals surface area contributed by atoms with Gasteiger partial charge in [-0.1, -0.05) is 18.2 Å². The molecule has 2 rings (SSSR count). The fraction of sp³-hybridized carbons (Fsp3) is 0.611. The Bertz CT molecular complexity index is 451. The molecule has 1 unspecified atom stereocenters. The van der Waals surface area contributed by atoms with Crippen molar-refractivity contribution in [2.45, 2.75) is 38.7 Å². The lowest BCUT2D eigenvalue weighted by molar-refractivity contribution is 0.105. The van der Waals surface area contributed by atoms with Gasteiger partial charge in [-0.25, -0.2) is 0 Å². The van der Waals surface area contributed by atoms with E-state index in [9.17, 15) is 0 Å². The van der Waals surface area contributed by atoms with Crippen molar-refractivity contribution in [2.24, 2.45) is 4.99 Å². The number of rotatable bonds is 9. The zero-order chi connectivity index (χ0) is 16.2. The third kappa shape index (κ3) is 8.73. The lowest BCUT2D eigenvalue weighted by Crippen LogP contribution is -2.38. The summed E-state index contributed by atoms with van der Waals surface area (Å²) in [4.78, 5) is 4.58. The number of nitrogens with one attached hydrogen (secondary N) is 2. The lowest BCUT2D eigenvalue weighted by atomic mass is 10.2. The van der Waals surface area contributed by atoms with E-state index in [4.69, 9.17) is 9.47 Å². The molecule has 24 heavy (non-hydrogen) atoms. The van der Waals surface area contributed by atoms with Gasteiger partial charge in [0.2, 0.25) is 0 Å². The van der Waals surface area contributed by atoms with Crippen molar-refractivity contribution in [3.63, 3.8) is 0 Å². The predicted molar refractivity (Wildman–Crippen MR) is 110 cm³/mol. The number of ether oxygens (including phenoxy) is 2. The summed E-state index contributed by atoms with van der Waals surface area (Å²) >= 11 is 0. The van der Waals surface area contributed by atoms with Crippen LogP contribution in [-0.4, -0.2) is 44.9 Å². The molecular formula is C18H30IN3O2. The SMILES string of the molecule is CCNC(=NCCCOc1ccccc1)NCCC1CCCO1.I. The van der Waals surface area contributed by atoms with Crippen LogP contribution in [0, 0.1) is 0 Å². The lowest BCUT2D eigenvalue weighted by Gasteiger charge is -2.13. The summed E-state index contributed by atoms with van der Waals surface area (Å²) in [5.74, 6) is 1.79. The van der Waals surface area contributed by atoms with Gasteiger partial charge >= 0.3 is 0 Å². The van der Waals surface area contributed by atoms with E-state index in [1.165, 1.54) is 12.8 Å². The molecule has 2 N–H and O–H groups in total. The van der Waals surface area contributed by atoms with E-state index in [1.54, 1.807) is 0 Å². The Balaban J connectivity index is 0.00000288. The molecule has 0 aliphatic carbocycles. The molecule has 1 aliphatic heterocycles. The topological polar surface area (TPSA) is 54.9 Å². The Hall–Kier alpha value is -1.02. The Morgan fingerprint density at radius 2 is 2.12 bits per heavy atom. The van der Waals surface area contributed by atoms with Crippen LogP contribution in [0.4, 0.5) is 0 Å². The highest BCUT2D eigenvalue weighted by molar-refractivity contribution is 14.0. The maximum Gasteiger partial charge on any atom is 0.191 e. The molecule has 6 heteroatoms. The normalized spacial score (nSPS) is 17.2. The van der Waals surface area contributed by atoms with Gasteiger partial charge in [-0.3, -0.25) is 4.99 Å². The molecular weight excluding hydrogens is 417 g/mol. The van der Waals surface area contributed by atoms with Crippen LogP contribution in [0.5, 0.6) is 5.75 Å². The molecule has 1 saturated heterocycles. The standard InChI is InChI=1S/C18H29N3O2.HI/c1-2-19-18(21-13-11-17-10-6-14-22-17)20-12-7-15-23-16-8-4-3-5-9-16;/h3-5,8-9,17H,2,6-7,10-15H2,1H3,(H2,19,20,21);1H. The highest BCUT2D eigenvalue weighted by Crippen LogP contribution is 2.14. The van der Waals surface area contributed by atoms with Crippen LogP contribution in [0.3, 0.4) is 0 Å². The van der Waals surface area contributed by atoms with Crippen molar-refractivity contribution in [1.82, 2.24) is 10.6 Å². The Morgan fingerprint density at radius 1 is 1.29 bits per heavy atom. The van der Waals surface area contributed by atoms with Crippen LogP contribution in [0.15, 0.2) is 35.3 Å². The van der Waals surface area contributed by atoms with E-state index in [2.05, 4.69) is 22.5 Å². The van der Waals surface area contributed by atoms with Crippen LogP contribution in [0.1, 0.15) is 32.6 Å². The summed E-state index contributed by atoms with van der Waals surface area (Å²) in [6.45, 7) is 6.20. The summed E-state index contributed by atoms with van der Waals surface area (Å²) in [6.07, 6.45) is 4.75. The minimum atomic E-state index is 0. The van der Waals surface area contributed by atoms with E-state index < -0.39 is 0 Å². The zero-order valence-electron chi connectivity index (χ0n) is 14.5. The first-order valence-corrected chi connectivity index (χ1v) is 8.70. The van der Waals surface area contributed by atoms with Crippen molar-refractivity contribution < 1.29 is 9.47 Å². The van der Waals surface area contributed by atoms with Crippen LogP contribution in [0.25, 0.3) is 0 Å². The first-order valence-electron chi connectivity index (χ1n) is 8.70. The first kappa shape index (κ1) is 21.0. The third-order valence-corrected chi connectivity index (χ3v) is 3.71. The maximum absolute atomic E-state index is 5.67. The maximum atomic E-state index is 5.67. The number of aliphatic imine (C=N–C) groups is 1. The van der Waals surface area contributed by atoms with E-state index in [-0.39, 0.29) is 24.0 Å². The molecule has 0 bridgehead atoms. The second-order valence-corrected chi connectivity index (χ2v) is 5.63. The van der Waals surface area contributed by atoms with Crippen LogP contribution >= 0.6 is 24.0 Å². The van der Waals surface area contributed by atoms with Crippen LogP contribution in [0.2, 0.25) is 0 Å². The molecule has 0 radical (unpaired) electrons. The molecule has 5 nitrogen and oxygen atoms in total. The van der Waals surface area contributed by atoms with Crippen LogP contribution < -0.4 is 15.4 Å². The highest BCUT2D eigenvalue weighted by Gasteiger charge is 2.14. The molecule has 1 heterocycles. The van der Waals surface area contributed by atoms with Crippen LogP contribution in [-0.2, 0) is 4.74 Å². The van der Waals surface area contributed by atoms with Gasteiger partial charge in [0, 0.05) is 32.7 Å². The van der Waals surface area contributed by atoms with Gasteiger partial charge in [0.1, 0.15) is 5.75 Å². The Morgan fingerprint density at radius 3 is 2.83 bits per heavy atom. The van der Waals surface area contributed by atoms with Gasteiger partial charge in [-0.15, -0.1) is 24.0 Å². The summed E-state index contributed by atoms with van der Waals surface area (Å²) in [5, 5.41) is 6.65. The quantitative estimate of drug-likeness (QED) is 0.264. The second-order valence-electron chi connectivity index (χ2n) is 5.63. The summed E-state index contributed by atoms with van der Waals surface area (Å²) in [5.41, 5.74) is 0. The molecule has 0 aromatic heterocycles. The molecule has 1 fully saturated rings. The first-order chi connectivity index (χ1) is 11.4. The fourth-order valence-electron chi connectivity index (χ4n) is 2.53. The average Bonchev–Trinajstić information content (AvgIpc) is 3.09. The highest BCUT2D eigenvalue weighted by atomic mass is 127. The second kappa shape index (κ2) is 13.3. The minimum absolute atomic E-state index is 0. The van der Waals surface area contributed by atoms with Crippen molar-refractivity contribution in [3.05, 3.63) is 30.3 Å². The van der Waals surface area contributed by atoms with Gasteiger partial charge in [0.05, 0.1) is 12.7 Å². The zero-order valence-corrected chi connectivity index (χ0v) is 16.8. The molecule has 1 atom stereocenters. The van der Waals surface area contributed by atoms with E-state index in [1.807, 2.05) is 30.3 Å². The monoisotopic (exact) mass is 447 g/mol. The Labute approximate surface area is 162 Å². The molecule has 136 valence electrons. The summed E-state index contributed by atoms with van der Waals surface area (Å²) in [7, 11) is 0. The van der Waals surface area contributed by atoms with Crippen molar-refractivity contribution >= 4 is 29.9 Å². The predicted octanol–water partition coefficient (Wildman–Crippen LogP) is 3.20. The average molecular weight is 447 g/mol. The largest absolute Gasteiger partial charge is 0.494 e. The molecule has 0 saturated carbocycles. The number of halogens is 1. The van der Waals surface area contributed by atoms with Gasteiger partial charge in [0.25, 0.3) is 0 Å². The molecule has 1 aliphatic rings. The molecule has 0 amide bonds. The van der Waals surface area contributed by atoms with E-state index >= 15 is 0 Å². The van der Waals surface area contributed by atoms with E-state index in [0.29, 0.717) is 12.7 Å². The smallest absolute Gasteiger partial charge is 0.191 e. The van der Waals surface area contributed by atoms with Gasteiger partial charge in [-0.2, -0.15) is 0 Å². The number of nitrogens with zero attached hydrogens (tertiary/aromatic N) is 1. The molecule has 1 aromatic carbocycles. The van der Waals surface area contributed by atoms with Gasteiger partial charge in [-0.05, 0) is 38.3 Å². The number of benzene rings is 1. The van der Waals surface area contributed by atoms with Gasteiger partial charge in [0.15, 0.2) is 5.96 Å². The number of guanidine groups is 1. The number of para-hydroxylation sites is 1. The number of hydrogen-bond acceptors (Lipinski definition) is 3. The third-order valence-electron chi connectivity index (χ3n) is 3.71. The van der Waals surface area contributed by atoms with Crippen molar-refractivity contribution in [2.75, 3.05) is 32.8 Å². The number of hydrogen-bond donors (Lipinski definition) is 2. The molecule has 0 spiro atoms. The summed E-state index contributed by atoms with van der Waals surface area (Å²) in [6, 6.07) is 9.89. The fourth-order valence-corrected chi connectivity index (χ4v) is 2.53. The summed E-state index contributed by atoms with van der Waals surface area (Å²) < 4.78 is 11.3. The van der Waals surface area contributed by atoms with Crippen molar-refractivity contribution in [1.29, 1.82) is 0 Å². The Kier molecular flexibility index (Phi) is 11.6. The van der Waals surface area contributed by atoms with E-state index in [0.717, 1.165) is 50.8 Å². The van der Waals surface area contributed by atoms with Gasteiger partial charge < -0.3 is 20.1 Å². The van der Waals surface area contributed by atoms with Crippen molar-refractivity contribution in [3.8, 4) is 5.75 Å².